The Morgan fingerprint density at radius 3 is 2.27 bits per heavy atom. The predicted molar refractivity (Wildman–Crippen MR) is 82.2 cm³/mol. The van der Waals surface area contributed by atoms with Crippen LogP contribution in [-0.4, -0.2) is 35.7 Å². The lowest BCUT2D eigenvalue weighted by Crippen LogP contribution is -2.53. The van der Waals surface area contributed by atoms with Crippen LogP contribution in [0.1, 0.15) is 33.6 Å². The second-order valence-electron chi connectivity index (χ2n) is 5.10. The number of aliphatic carboxylic acids is 1. The van der Waals surface area contributed by atoms with Crippen molar-refractivity contribution in [2.45, 2.75) is 39.2 Å². The van der Waals surface area contributed by atoms with Gasteiger partial charge in [0.25, 0.3) is 5.91 Å². The minimum atomic E-state index is -1.28. The zero-order valence-corrected chi connectivity index (χ0v) is 13.2. The molecule has 0 radical (unpaired) electrons. The first-order valence-corrected chi connectivity index (χ1v) is 7.32. The largest absolute Gasteiger partial charge is 0.490 e. The fourth-order valence-corrected chi connectivity index (χ4v) is 2.05. The van der Waals surface area contributed by atoms with Gasteiger partial charge >= 0.3 is 5.97 Å². The predicted octanol–water partition coefficient (Wildman–Crippen LogP) is 2.22. The molecule has 0 saturated heterocycles. The van der Waals surface area contributed by atoms with E-state index in [9.17, 15) is 14.7 Å². The van der Waals surface area contributed by atoms with E-state index in [1.165, 1.54) is 6.92 Å². The fourth-order valence-electron chi connectivity index (χ4n) is 2.05. The van der Waals surface area contributed by atoms with Gasteiger partial charge in [0.2, 0.25) is 0 Å². The van der Waals surface area contributed by atoms with Crippen LogP contribution in [-0.2, 0) is 9.59 Å². The fraction of sp³-hybridized carbons (Fsp3) is 0.500. The molecule has 0 bridgehead atoms. The highest BCUT2D eigenvalue weighted by Crippen LogP contribution is 2.26. The van der Waals surface area contributed by atoms with Gasteiger partial charge in [0.1, 0.15) is 5.54 Å². The van der Waals surface area contributed by atoms with Crippen LogP contribution in [0.2, 0.25) is 0 Å². The molecule has 0 aliphatic rings. The van der Waals surface area contributed by atoms with Gasteiger partial charge in [-0.2, -0.15) is 0 Å². The van der Waals surface area contributed by atoms with Gasteiger partial charge in [-0.3, -0.25) is 4.79 Å². The molecule has 1 atom stereocenters. The Morgan fingerprint density at radius 2 is 1.77 bits per heavy atom. The van der Waals surface area contributed by atoms with Crippen molar-refractivity contribution < 1.29 is 24.2 Å². The molecule has 22 heavy (non-hydrogen) atoms. The van der Waals surface area contributed by atoms with E-state index in [2.05, 4.69) is 5.32 Å². The maximum Gasteiger partial charge on any atom is 0.329 e. The number of carbonyl (C=O) groups excluding carboxylic acids is 1. The molecule has 0 aliphatic carbocycles. The maximum absolute atomic E-state index is 11.9. The number of para-hydroxylation sites is 2. The van der Waals surface area contributed by atoms with Gasteiger partial charge in [-0.15, -0.1) is 0 Å². The molecule has 0 aliphatic heterocycles. The summed E-state index contributed by atoms with van der Waals surface area (Å²) in [6, 6.07) is 7.02. The number of nitrogens with one attached hydrogen (secondary N) is 1. The number of hydrogen-bond acceptors (Lipinski definition) is 4. The highest BCUT2D eigenvalue weighted by Gasteiger charge is 2.33. The van der Waals surface area contributed by atoms with Gasteiger partial charge in [0.05, 0.1) is 6.61 Å². The molecule has 2 N–H and O–H groups in total. The molecule has 0 spiro atoms. The molecule has 1 aromatic carbocycles. The third-order valence-corrected chi connectivity index (χ3v) is 3.15. The number of carbonyl (C=O) groups is 2. The summed E-state index contributed by atoms with van der Waals surface area (Å²) < 4.78 is 10.8. The summed E-state index contributed by atoms with van der Waals surface area (Å²) in [5.41, 5.74) is -1.28. The second-order valence-corrected chi connectivity index (χ2v) is 5.10. The topological polar surface area (TPSA) is 84.9 Å². The van der Waals surface area contributed by atoms with Crippen molar-refractivity contribution in [3.63, 3.8) is 0 Å². The lowest BCUT2D eigenvalue weighted by atomic mass is 9.96. The van der Waals surface area contributed by atoms with E-state index in [0.29, 0.717) is 30.9 Å². The molecule has 1 rings (SSSR count). The lowest BCUT2D eigenvalue weighted by Gasteiger charge is -2.25. The van der Waals surface area contributed by atoms with Crippen LogP contribution in [0.3, 0.4) is 0 Å². The monoisotopic (exact) mass is 309 g/mol. The summed E-state index contributed by atoms with van der Waals surface area (Å²) in [5, 5.41) is 11.7. The first kappa shape index (κ1) is 17.8. The third kappa shape index (κ3) is 4.95. The number of ether oxygens (including phenoxy) is 2. The van der Waals surface area contributed by atoms with Crippen molar-refractivity contribution >= 4 is 11.9 Å². The molecule has 122 valence electrons. The SMILES string of the molecule is CCCC(C)(NC(=O)COc1ccccc1OCC)C(=O)O. The Morgan fingerprint density at radius 1 is 1.18 bits per heavy atom. The first-order chi connectivity index (χ1) is 10.4. The molecule has 1 unspecified atom stereocenters. The quantitative estimate of drug-likeness (QED) is 0.730. The number of carboxylic acid groups (broad SMARTS) is 1. The molecular weight excluding hydrogens is 286 g/mol. The van der Waals surface area contributed by atoms with Crippen LogP contribution in [0, 0.1) is 0 Å². The van der Waals surface area contributed by atoms with Crippen LogP contribution >= 0.6 is 0 Å². The van der Waals surface area contributed by atoms with Gasteiger partial charge < -0.3 is 19.9 Å². The van der Waals surface area contributed by atoms with Crippen molar-refractivity contribution in [2.24, 2.45) is 0 Å². The molecule has 0 heterocycles. The Labute approximate surface area is 130 Å². The third-order valence-electron chi connectivity index (χ3n) is 3.15. The van der Waals surface area contributed by atoms with Crippen LogP contribution < -0.4 is 14.8 Å². The average molecular weight is 309 g/mol. The highest BCUT2D eigenvalue weighted by molar-refractivity contribution is 5.87. The minimum Gasteiger partial charge on any atom is -0.490 e. The van der Waals surface area contributed by atoms with Crippen molar-refractivity contribution in [2.75, 3.05) is 13.2 Å². The van der Waals surface area contributed by atoms with Gasteiger partial charge in [-0.1, -0.05) is 25.5 Å². The van der Waals surface area contributed by atoms with E-state index in [4.69, 9.17) is 9.47 Å². The lowest BCUT2D eigenvalue weighted by molar-refractivity contribution is -0.147. The van der Waals surface area contributed by atoms with Crippen molar-refractivity contribution in [1.29, 1.82) is 0 Å². The Bertz CT molecular complexity index is 517. The summed E-state index contributed by atoms with van der Waals surface area (Å²) in [4.78, 5) is 23.2. The van der Waals surface area contributed by atoms with E-state index in [1.807, 2.05) is 13.8 Å². The molecule has 0 saturated carbocycles. The smallest absolute Gasteiger partial charge is 0.329 e. The minimum absolute atomic E-state index is 0.267. The van der Waals surface area contributed by atoms with Crippen LogP contribution in [0.4, 0.5) is 0 Å². The highest BCUT2D eigenvalue weighted by atomic mass is 16.5. The standard InChI is InChI=1S/C16H23NO5/c1-4-10-16(3,15(19)20)17-14(18)11-22-13-9-7-6-8-12(13)21-5-2/h6-9H,4-5,10-11H2,1-3H3,(H,17,18)(H,19,20). The molecule has 0 aromatic heterocycles. The number of carboxylic acids is 1. The number of hydrogen-bond donors (Lipinski definition) is 2. The molecule has 6 nitrogen and oxygen atoms in total. The van der Waals surface area contributed by atoms with Crippen molar-refractivity contribution in [3.05, 3.63) is 24.3 Å². The Balaban J connectivity index is 2.64. The summed E-state index contributed by atoms with van der Waals surface area (Å²) in [7, 11) is 0. The van der Waals surface area contributed by atoms with Gasteiger partial charge in [-0.25, -0.2) is 4.79 Å². The Kier molecular flexibility index (Phi) is 6.69. The molecule has 1 aromatic rings. The van der Waals surface area contributed by atoms with Crippen LogP contribution in [0.15, 0.2) is 24.3 Å². The zero-order chi connectivity index (χ0) is 16.6. The molecule has 0 fully saturated rings. The summed E-state index contributed by atoms with van der Waals surface area (Å²) in [6.45, 7) is 5.43. The van der Waals surface area contributed by atoms with E-state index in [0.717, 1.165) is 0 Å². The number of rotatable bonds is 9. The van der Waals surface area contributed by atoms with E-state index in [-0.39, 0.29) is 6.61 Å². The normalized spacial score (nSPS) is 13.0. The molecule has 1 amide bonds. The summed E-state index contributed by atoms with van der Waals surface area (Å²) >= 11 is 0. The second kappa shape index (κ2) is 8.26. The van der Waals surface area contributed by atoms with Gasteiger partial charge in [0.15, 0.2) is 18.1 Å². The maximum atomic E-state index is 11.9. The number of amides is 1. The van der Waals surface area contributed by atoms with E-state index >= 15 is 0 Å². The first-order valence-electron chi connectivity index (χ1n) is 7.32. The van der Waals surface area contributed by atoms with Gasteiger partial charge in [-0.05, 0) is 32.4 Å². The van der Waals surface area contributed by atoms with E-state index in [1.54, 1.807) is 24.3 Å². The van der Waals surface area contributed by atoms with Crippen LogP contribution in [0.25, 0.3) is 0 Å². The zero-order valence-electron chi connectivity index (χ0n) is 13.2. The number of benzene rings is 1. The van der Waals surface area contributed by atoms with E-state index < -0.39 is 17.4 Å². The Hall–Kier alpha value is -2.24. The summed E-state index contributed by atoms with van der Waals surface area (Å²) in [6.07, 6.45) is 1.00. The van der Waals surface area contributed by atoms with Crippen LogP contribution in [0.5, 0.6) is 11.5 Å². The summed E-state index contributed by atoms with van der Waals surface area (Å²) in [5.74, 6) is -0.540. The average Bonchev–Trinajstić information content (AvgIpc) is 2.46. The molecule has 6 heteroatoms. The van der Waals surface area contributed by atoms with Gasteiger partial charge in [0, 0.05) is 0 Å². The molecular formula is C16H23NO5. The van der Waals surface area contributed by atoms with Crippen molar-refractivity contribution in [1.82, 2.24) is 5.32 Å². The van der Waals surface area contributed by atoms with Crippen molar-refractivity contribution in [3.8, 4) is 11.5 Å².